The zero-order chi connectivity index (χ0) is 27.3. The first-order valence-electron chi connectivity index (χ1n) is 12.2. The monoisotopic (exact) mass is 505 g/mol. The number of hydrogen-bond donors (Lipinski definition) is 5. The Morgan fingerprint density at radius 3 is 2.33 bits per heavy atom. The Balaban J connectivity index is 2.12. The molecule has 0 bridgehead atoms. The summed E-state index contributed by atoms with van der Waals surface area (Å²) >= 11 is 0. The number of carbonyl (C=O) groups is 4. The molecular weight excluding hydrogens is 466 g/mol. The van der Waals surface area contributed by atoms with Crippen molar-refractivity contribution in [2.24, 2.45) is 23.2 Å². The number of carboxylic acid groups (broad SMARTS) is 1. The van der Waals surface area contributed by atoms with Crippen LogP contribution in [0.2, 0.25) is 0 Å². The lowest BCUT2D eigenvalue weighted by Crippen LogP contribution is -2.59. The summed E-state index contributed by atoms with van der Waals surface area (Å²) in [6.07, 6.45) is 5.03. The molecule has 0 unspecified atom stereocenters. The van der Waals surface area contributed by atoms with Crippen molar-refractivity contribution in [2.45, 2.75) is 78.5 Å². The van der Waals surface area contributed by atoms with Crippen molar-refractivity contribution in [3.05, 3.63) is 24.3 Å². The van der Waals surface area contributed by atoms with Gasteiger partial charge in [0.2, 0.25) is 11.8 Å². The van der Waals surface area contributed by atoms with Gasteiger partial charge in [-0.1, -0.05) is 34.6 Å². The average Bonchev–Trinajstić information content (AvgIpc) is 3.05. The number of carboxylic acids is 1. The fourth-order valence-electron chi connectivity index (χ4n) is 4.61. The standard InChI is InChI=1S/C25H39N5O6/c1-14(2)19(29-21(33)17-13-26-9-10-27-17)22(34)30-20(24(3,4)5)23(35)28-12-16-15(11-18(31)32)7-8-25(16,6)36/h9-10,13-16,19-20,36H,7-8,11-12H2,1-6H3,(H,28,35)(H,29,33)(H,30,34)(H,31,32)/t15-,16+,19-,20-,25-/m1/s1. The van der Waals surface area contributed by atoms with Crippen LogP contribution in [-0.2, 0) is 14.4 Å². The fraction of sp³-hybridized carbons (Fsp3) is 0.680. The first-order valence-corrected chi connectivity index (χ1v) is 12.2. The summed E-state index contributed by atoms with van der Waals surface area (Å²) in [5.74, 6) is -3.44. The number of aliphatic carboxylic acids is 1. The number of hydrogen-bond acceptors (Lipinski definition) is 7. The first-order chi connectivity index (χ1) is 16.6. The Bertz CT molecular complexity index is 944. The number of aromatic nitrogens is 2. The molecule has 200 valence electrons. The molecule has 5 atom stereocenters. The lowest BCUT2D eigenvalue weighted by Gasteiger charge is -2.34. The molecule has 1 aromatic rings. The SMILES string of the molecule is CC(C)[C@@H](NC(=O)c1cnccn1)C(=O)N[C@H](C(=O)NC[C@H]1[C@@H](CC(=O)O)CC[C@@]1(C)O)C(C)(C)C. The summed E-state index contributed by atoms with van der Waals surface area (Å²) in [4.78, 5) is 58.0. The average molecular weight is 506 g/mol. The van der Waals surface area contributed by atoms with Crippen LogP contribution >= 0.6 is 0 Å². The van der Waals surface area contributed by atoms with Crippen LogP contribution in [0.3, 0.4) is 0 Å². The highest BCUT2D eigenvalue weighted by atomic mass is 16.4. The first kappa shape index (κ1) is 29.2. The molecule has 11 heteroatoms. The summed E-state index contributed by atoms with van der Waals surface area (Å²) in [5.41, 5.74) is -1.70. The van der Waals surface area contributed by atoms with E-state index < -0.39 is 52.7 Å². The topological polar surface area (TPSA) is 171 Å². The molecule has 0 spiro atoms. The Morgan fingerprint density at radius 2 is 1.81 bits per heavy atom. The maximum atomic E-state index is 13.2. The van der Waals surface area contributed by atoms with Crippen LogP contribution in [-0.4, -0.2) is 68.1 Å². The van der Waals surface area contributed by atoms with Crippen molar-refractivity contribution in [1.29, 1.82) is 0 Å². The predicted octanol–water partition coefficient (Wildman–Crippen LogP) is 1.13. The van der Waals surface area contributed by atoms with Gasteiger partial charge in [-0.25, -0.2) is 4.98 Å². The Kier molecular flexibility index (Phi) is 9.53. The molecule has 1 aliphatic rings. The van der Waals surface area contributed by atoms with Crippen LogP contribution in [0.1, 0.15) is 71.3 Å². The van der Waals surface area contributed by atoms with E-state index in [1.54, 1.807) is 41.5 Å². The lowest BCUT2D eigenvalue weighted by molar-refractivity contribution is -0.138. The van der Waals surface area contributed by atoms with E-state index >= 15 is 0 Å². The van der Waals surface area contributed by atoms with Gasteiger partial charge in [-0.3, -0.25) is 24.2 Å². The van der Waals surface area contributed by atoms with Crippen molar-refractivity contribution >= 4 is 23.7 Å². The summed E-state index contributed by atoms with van der Waals surface area (Å²) in [6.45, 7) is 10.7. The van der Waals surface area contributed by atoms with Crippen molar-refractivity contribution < 1.29 is 29.4 Å². The third kappa shape index (κ3) is 7.71. The lowest BCUT2D eigenvalue weighted by atomic mass is 9.83. The molecule has 1 saturated carbocycles. The zero-order valence-electron chi connectivity index (χ0n) is 21.9. The molecule has 0 saturated heterocycles. The van der Waals surface area contributed by atoms with E-state index in [0.29, 0.717) is 12.8 Å². The number of carbonyl (C=O) groups excluding carboxylic acids is 3. The number of nitrogens with zero attached hydrogens (tertiary/aromatic N) is 2. The van der Waals surface area contributed by atoms with Crippen molar-refractivity contribution in [2.75, 3.05) is 6.54 Å². The van der Waals surface area contributed by atoms with Gasteiger partial charge in [0, 0.05) is 31.3 Å². The second-order valence-electron chi connectivity index (χ2n) is 11.2. The van der Waals surface area contributed by atoms with E-state index in [0.717, 1.165) is 0 Å². The van der Waals surface area contributed by atoms with Gasteiger partial charge in [-0.15, -0.1) is 0 Å². The number of amides is 3. The number of nitrogens with one attached hydrogen (secondary N) is 3. The van der Waals surface area contributed by atoms with E-state index in [9.17, 15) is 29.4 Å². The largest absolute Gasteiger partial charge is 0.481 e. The van der Waals surface area contributed by atoms with E-state index in [1.165, 1.54) is 18.6 Å². The van der Waals surface area contributed by atoms with Crippen LogP contribution < -0.4 is 16.0 Å². The number of rotatable bonds is 10. The van der Waals surface area contributed by atoms with Gasteiger partial charge in [0.05, 0.1) is 11.8 Å². The van der Waals surface area contributed by atoms with Crippen LogP contribution in [0.5, 0.6) is 0 Å². The number of aliphatic hydroxyl groups is 1. The molecule has 1 aliphatic carbocycles. The summed E-state index contributed by atoms with van der Waals surface area (Å²) < 4.78 is 0. The predicted molar refractivity (Wildman–Crippen MR) is 132 cm³/mol. The van der Waals surface area contributed by atoms with Crippen molar-refractivity contribution in [3.63, 3.8) is 0 Å². The molecule has 0 aliphatic heterocycles. The van der Waals surface area contributed by atoms with E-state index in [1.807, 2.05) is 0 Å². The molecule has 11 nitrogen and oxygen atoms in total. The van der Waals surface area contributed by atoms with Gasteiger partial charge in [-0.05, 0) is 37.0 Å². The van der Waals surface area contributed by atoms with Gasteiger partial charge in [0.15, 0.2) is 0 Å². The van der Waals surface area contributed by atoms with Crippen LogP contribution in [0.15, 0.2) is 18.6 Å². The Morgan fingerprint density at radius 1 is 1.14 bits per heavy atom. The molecule has 0 aromatic carbocycles. The van der Waals surface area contributed by atoms with Crippen LogP contribution in [0.25, 0.3) is 0 Å². The molecular formula is C25H39N5O6. The highest BCUT2D eigenvalue weighted by molar-refractivity contribution is 5.97. The van der Waals surface area contributed by atoms with E-state index in [-0.39, 0.29) is 30.5 Å². The minimum Gasteiger partial charge on any atom is -0.481 e. The van der Waals surface area contributed by atoms with Gasteiger partial charge in [0.25, 0.3) is 5.91 Å². The van der Waals surface area contributed by atoms with E-state index in [2.05, 4.69) is 25.9 Å². The minimum absolute atomic E-state index is 0.0700. The van der Waals surface area contributed by atoms with Crippen molar-refractivity contribution in [3.8, 4) is 0 Å². The fourth-order valence-corrected chi connectivity index (χ4v) is 4.61. The highest BCUT2D eigenvalue weighted by Crippen LogP contribution is 2.41. The molecule has 36 heavy (non-hydrogen) atoms. The van der Waals surface area contributed by atoms with Gasteiger partial charge >= 0.3 is 5.97 Å². The van der Waals surface area contributed by atoms with E-state index in [4.69, 9.17) is 0 Å². The van der Waals surface area contributed by atoms with Crippen LogP contribution in [0.4, 0.5) is 0 Å². The Hall–Kier alpha value is -3.08. The molecule has 0 radical (unpaired) electrons. The molecule has 3 amide bonds. The maximum absolute atomic E-state index is 13.2. The van der Waals surface area contributed by atoms with Gasteiger partial charge < -0.3 is 26.2 Å². The summed E-state index contributed by atoms with van der Waals surface area (Å²) in [6, 6.07) is -1.86. The zero-order valence-corrected chi connectivity index (χ0v) is 21.9. The second-order valence-corrected chi connectivity index (χ2v) is 11.2. The smallest absolute Gasteiger partial charge is 0.303 e. The molecule has 1 aromatic heterocycles. The molecule has 1 heterocycles. The van der Waals surface area contributed by atoms with Gasteiger partial charge in [0.1, 0.15) is 17.8 Å². The quantitative estimate of drug-likeness (QED) is 0.315. The summed E-state index contributed by atoms with van der Waals surface area (Å²) in [7, 11) is 0. The van der Waals surface area contributed by atoms with Crippen molar-refractivity contribution in [1.82, 2.24) is 25.9 Å². The molecule has 2 rings (SSSR count). The van der Waals surface area contributed by atoms with Gasteiger partial charge in [-0.2, -0.15) is 0 Å². The third-order valence-corrected chi connectivity index (χ3v) is 6.77. The highest BCUT2D eigenvalue weighted by Gasteiger charge is 2.45. The normalized spacial score (nSPS) is 23.6. The molecule has 1 fully saturated rings. The second kappa shape index (κ2) is 11.8. The third-order valence-electron chi connectivity index (χ3n) is 6.77. The maximum Gasteiger partial charge on any atom is 0.303 e. The van der Waals surface area contributed by atoms with Crippen LogP contribution in [0, 0.1) is 23.2 Å². The summed E-state index contributed by atoms with van der Waals surface area (Å²) in [5, 5.41) is 28.2. The molecule has 5 N–H and O–H groups in total. The Labute approximate surface area is 211 Å². The minimum atomic E-state index is -1.10.